The molecular weight excluding hydrogens is 262 g/mol. The first-order chi connectivity index (χ1) is 9.02. The van der Waals surface area contributed by atoms with Crippen LogP contribution in [0.3, 0.4) is 0 Å². The van der Waals surface area contributed by atoms with Crippen LogP contribution >= 0.6 is 11.8 Å². The third-order valence-corrected chi connectivity index (χ3v) is 3.39. The molecule has 0 heterocycles. The first-order valence-electron chi connectivity index (χ1n) is 6.09. The number of imide groups is 1. The molecule has 0 fully saturated rings. The number of anilines is 1. The summed E-state index contributed by atoms with van der Waals surface area (Å²) in [5.41, 5.74) is 7.42. The fourth-order valence-electron chi connectivity index (χ4n) is 1.33. The molecule has 1 aromatic rings. The maximum atomic E-state index is 11.5. The number of carbonyl (C=O) groups excluding carboxylic acids is 2. The van der Waals surface area contributed by atoms with Crippen molar-refractivity contribution in [2.45, 2.75) is 25.2 Å². The molecular formula is C13H19N3O2S. The van der Waals surface area contributed by atoms with E-state index in [1.54, 1.807) is 0 Å². The van der Waals surface area contributed by atoms with Crippen LogP contribution in [-0.2, 0) is 4.79 Å². The Kier molecular flexibility index (Phi) is 6.21. The zero-order valence-corrected chi connectivity index (χ0v) is 12.0. The molecule has 19 heavy (non-hydrogen) atoms. The summed E-state index contributed by atoms with van der Waals surface area (Å²) < 4.78 is 0. The highest BCUT2D eigenvalue weighted by molar-refractivity contribution is 8.00. The maximum absolute atomic E-state index is 11.5. The summed E-state index contributed by atoms with van der Waals surface area (Å²) in [6.07, 6.45) is 0.834. The molecule has 0 aliphatic rings. The number of urea groups is 1. The summed E-state index contributed by atoms with van der Waals surface area (Å²) in [6, 6.07) is 5.15. The smallest absolute Gasteiger partial charge is 0.321 e. The van der Waals surface area contributed by atoms with Crippen molar-refractivity contribution < 1.29 is 9.59 Å². The fourth-order valence-corrected chi connectivity index (χ4v) is 2.13. The third kappa shape index (κ3) is 5.65. The van der Waals surface area contributed by atoms with Gasteiger partial charge in [0.25, 0.3) is 0 Å². The van der Waals surface area contributed by atoms with Crippen LogP contribution < -0.4 is 16.4 Å². The van der Waals surface area contributed by atoms with Crippen molar-refractivity contribution in [3.8, 4) is 0 Å². The topological polar surface area (TPSA) is 84.2 Å². The van der Waals surface area contributed by atoms with E-state index in [-0.39, 0.29) is 11.7 Å². The molecule has 0 aromatic heterocycles. The Morgan fingerprint density at radius 3 is 2.74 bits per heavy atom. The van der Waals surface area contributed by atoms with E-state index < -0.39 is 6.03 Å². The summed E-state index contributed by atoms with van der Waals surface area (Å²) in [5, 5.41) is 4.86. The van der Waals surface area contributed by atoms with Gasteiger partial charge >= 0.3 is 6.03 Å². The van der Waals surface area contributed by atoms with Gasteiger partial charge in [-0.25, -0.2) is 4.79 Å². The summed E-state index contributed by atoms with van der Waals surface area (Å²) in [5.74, 6) is -0.115. The summed E-state index contributed by atoms with van der Waals surface area (Å²) in [7, 11) is 0. The van der Waals surface area contributed by atoms with Gasteiger partial charge in [-0.05, 0) is 37.1 Å². The predicted molar refractivity (Wildman–Crippen MR) is 78.1 cm³/mol. The summed E-state index contributed by atoms with van der Waals surface area (Å²) >= 11 is 1.37. The van der Waals surface area contributed by atoms with Gasteiger partial charge in [0, 0.05) is 17.1 Å². The molecule has 104 valence electrons. The largest absolute Gasteiger partial charge is 0.399 e. The number of hydrogen-bond acceptors (Lipinski definition) is 4. The molecule has 0 spiro atoms. The number of thioether (sulfide) groups is 1. The number of nitrogens with one attached hydrogen (secondary N) is 2. The number of benzene rings is 1. The van der Waals surface area contributed by atoms with Crippen LogP contribution in [0, 0.1) is 6.92 Å². The number of nitrogen functional groups attached to an aromatic ring is 1. The van der Waals surface area contributed by atoms with Crippen LogP contribution in [0.1, 0.15) is 18.9 Å². The lowest BCUT2D eigenvalue weighted by atomic mass is 10.2. The molecule has 3 amide bonds. The minimum absolute atomic E-state index is 0.197. The zero-order chi connectivity index (χ0) is 14.3. The highest BCUT2D eigenvalue weighted by Gasteiger charge is 2.07. The molecule has 0 saturated heterocycles. The lowest BCUT2D eigenvalue weighted by Gasteiger charge is -2.06. The second-order valence-electron chi connectivity index (χ2n) is 4.11. The van der Waals surface area contributed by atoms with Crippen LogP contribution in [0.15, 0.2) is 23.1 Å². The van der Waals surface area contributed by atoms with Crippen molar-refractivity contribution in [3.05, 3.63) is 23.8 Å². The normalized spacial score (nSPS) is 10.0. The van der Waals surface area contributed by atoms with E-state index in [2.05, 4.69) is 10.6 Å². The van der Waals surface area contributed by atoms with Gasteiger partial charge in [0.1, 0.15) is 0 Å². The highest BCUT2D eigenvalue weighted by atomic mass is 32.2. The van der Waals surface area contributed by atoms with Gasteiger partial charge in [-0.15, -0.1) is 11.8 Å². The molecule has 0 aliphatic carbocycles. The molecule has 0 bridgehead atoms. The molecule has 0 atom stereocenters. The standard InChI is InChI=1S/C13H19N3O2S/c1-3-6-15-13(18)16-12(17)8-19-10-4-5-11(14)9(2)7-10/h4-5,7H,3,6,8,14H2,1-2H3,(H2,15,16,17,18). The van der Waals surface area contributed by atoms with Crippen LogP contribution in [0.4, 0.5) is 10.5 Å². The Morgan fingerprint density at radius 1 is 1.37 bits per heavy atom. The maximum Gasteiger partial charge on any atom is 0.321 e. The van der Waals surface area contributed by atoms with E-state index in [1.165, 1.54) is 11.8 Å². The first-order valence-corrected chi connectivity index (χ1v) is 7.08. The van der Waals surface area contributed by atoms with Crippen molar-refractivity contribution >= 4 is 29.4 Å². The van der Waals surface area contributed by atoms with Gasteiger partial charge in [0.05, 0.1) is 5.75 Å². The number of hydrogen-bond donors (Lipinski definition) is 3. The Morgan fingerprint density at radius 2 is 2.11 bits per heavy atom. The number of nitrogens with two attached hydrogens (primary N) is 1. The van der Waals surface area contributed by atoms with E-state index in [9.17, 15) is 9.59 Å². The summed E-state index contributed by atoms with van der Waals surface area (Å²) in [6.45, 7) is 4.42. The molecule has 6 heteroatoms. The Hall–Kier alpha value is -1.69. The number of rotatable bonds is 5. The van der Waals surface area contributed by atoms with E-state index in [0.29, 0.717) is 6.54 Å². The van der Waals surface area contributed by atoms with Gasteiger partial charge in [-0.3, -0.25) is 10.1 Å². The minimum atomic E-state index is -0.444. The molecule has 5 nitrogen and oxygen atoms in total. The average Bonchev–Trinajstić information content (AvgIpc) is 2.38. The van der Waals surface area contributed by atoms with Crippen LogP contribution in [0.2, 0.25) is 0 Å². The number of carbonyl (C=O) groups is 2. The molecule has 1 aromatic carbocycles. The molecule has 1 rings (SSSR count). The Bertz CT molecular complexity index is 463. The second kappa shape index (κ2) is 7.68. The Labute approximate surface area is 117 Å². The predicted octanol–water partition coefficient (Wildman–Crippen LogP) is 1.91. The zero-order valence-electron chi connectivity index (χ0n) is 11.2. The van der Waals surface area contributed by atoms with Crippen molar-refractivity contribution in [1.29, 1.82) is 0 Å². The molecule has 0 unspecified atom stereocenters. The lowest BCUT2D eigenvalue weighted by molar-refractivity contribution is -0.117. The fraction of sp³-hybridized carbons (Fsp3) is 0.385. The Balaban J connectivity index is 2.37. The van der Waals surface area contributed by atoms with Crippen molar-refractivity contribution in [3.63, 3.8) is 0 Å². The van der Waals surface area contributed by atoms with Gasteiger partial charge < -0.3 is 11.1 Å². The minimum Gasteiger partial charge on any atom is -0.399 e. The van der Waals surface area contributed by atoms with Crippen LogP contribution in [0.5, 0.6) is 0 Å². The third-order valence-electron chi connectivity index (χ3n) is 2.40. The first kappa shape index (κ1) is 15.4. The van der Waals surface area contributed by atoms with Gasteiger partial charge in [-0.2, -0.15) is 0 Å². The van der Waals surface area contributed by atoms with E-state index >= 15 is 0 Å². The highest BCUT2D eigenvalue weighted by Crippen LogP contribution is 2.22. The van der Waals surface area contributed by atoms with Gasteiger partial charge in [-0.1, -0.05) is 6.92 Å². The number of aryl methyl sites for hydroxylation is 1. The molecule has 0 aliphatic heterocycles. The van der Waals surface area contributed by atoms with E-state index in [0.717, 1.165) is 22.6 Å². The van der Waals surface area contributed by atoms with Crippen molar-refractivity contribution in [2.75, 3.05) is 18.0 Å². The van der Waals surface area contributed by atoms with Crippen molar-refractivity contribution in [1.82, 2.24) is 10.6 Å². The van der Waals surface area contributed by atoms with Crippen LogP contribution in [-0.4, -0.2) is 24.2 Å². The number of amides is 3. The lowest BCUT2D eigenvalue weighted by Crippen LogP contribution is -2.40. The quantitative estimate of drug-likeness (QED) is 0.568. The molecule has 4 N–H and O–H groups in total. The van der Waals surface area contributed by atoms with E-state index in [1.807, 2.05) is 32.0 Å². The molecule has 0 saturated carbocycles. The van der Waals surface area contributed by atoms with Gasteiger partial charge in [0.2, 0.25) is 5.91 Å². The monoisotopic (exact) mass is 281 g/mol. The average molecular weight is 281 g/mol. The van der Waals surface area contributed by atoms with Crippen LogP contribution in [0.25, 0.3) is 0 Å². The molecule has 0 radical (unpaired) electrons. The van der Waals surface area contributed by atoms with Crippen molar-refractivity contribution in [2.24, 2.45) is 0 Å². The van der Waals surface area contributed by atoms with Gasteiger partial charge in [0.15, 0.2) is 0 Å². The summed E-state index contributed by atoms with van der Waals surface area (Å²) in [4.78, 5) is 23.7. The van der Waals surface area contributed by atoms with E-state index in [4.69, 9.17) is 5.73 Å². The SMILES string of the molecule is CCCNC(=O)NC(=O)CSc1ccc(N)c(C)c1. The second-order valence-corrected chi connectivity index (χ2v) is 5.16.